The van der Waals surface area contributed by atoms with E-state index in [1.807, 2.05) is 6.92 Å². The molecular weight excluding hydrogens is 340 g/mol. The molecule has 2 amide bonds. The first kappa shape index (κ1) is 21.8. The fourth-order valence-electron chi connectivity index (χ4n) is 3.76. The lowest BCUT2D eigenvalue weighted by atomic mass is 9.62. The molecule has 0 spiro atoms. The zero-order valence-electron chi connectivity index (χ0n) is 16.0. The summed E-state index contributed by atoms with van der Waals surface area (Å²) in [6.45, 7) is 11.5. The van der Waals surface area contributed by atoms with E-state index >= 15 is 0 Å². The Bertz CT molecular complexity index is 560. The number of rotatable bonds is 7. The Kier molecular flexibility index (Phi) is 7.47. The molecule has 148 valence electrons. The van der Waals surface area contributed by atoms with Crippen LogP contribution in [-0.4, -0.2) is 49.1 Å². The van der Waals surface area contributed by atoms with E-state index < -0.39 is 18.2 Å². The molecule has 1 saturated carbocycles. The lowest BCUT2D eigenvalue weighted by Gasteiger charge is -2.46. The second-order valence-electron chi connectivity index (χ2n) is 8.11. The molecule has 1 aliphatic carbocycles. The van der Waals surface area contributed by atoms with Gasteiger partial charge in [-0.25, -0.2) is 14.4 Å². The number of amides is 2. The molecular formula is C18H30N2O6. The molecule has 0 bridgehead atoms. The lowest BCUT2D eigenvalue weighted by molar-refractivity contribution is -0.139. The van der Waals surface area contributed by atoms with Gasteiger partial charge in [-0.1, -0.05) is 27.4 Å². The van der Waals surface area contributed by atoms with E-state index in [0.717, 1.165) is 12.8 Å². The number of ether oxygens (including phenoxy) is 2. The lowest BCUT2D eigenvalue weighted by Crippen LogP contribution is -2.50. The number of carbonyl (C=O) groups excluding carboxylic acids is 2. The molecule has 26 heavy (non-hydrogen) atoms. The van der Waals surface area contributed by atoms with Gasteiger partial charge in [0.1, 0.15) is 13.2 Å². The summed E-state index contributed by atoms with van der Waals surface area (Å²) in [5.74, 6) is -0.523. The van der Waals surface area contributed by atoms with E-state index in [9.17, 15) is 14.4 Å². The van der Waals surface area contributed by atoms with Crippen LogP contribution in [0.5, 0.6) is 0 Å². The van der Waals surface area contributed by atoms with E-state index in [2.05, 4.69) is 31.1 Å². The van der Waals surface area contributed by atoms with Crippen molar-refractivity contribution in [1.82, 2.24) is 10.6 Å². The molecule has 8 nitrogen and oxygen atoms in total. The standard InChI is InChI=1S/C18H30N2O6/c1-12(2)14(21)25-6-7-26-16(24)20-13-8-17(3,4)10-18(5,9-13)11-19-15(22)23/h13,19H,1,6-11H2,2-5H3,(H,20,24)(H,22,23). The summed E-state index contributed by atoms with van der Waals surface area (Å²) >= 11 is 0. The molecule has 0 aliphatic heterocycles. The number of hydrogen-bond donors (Lipinski definition) is 3. The molecule has 0 radical (unpaired) electrons. The summed E-state index contributed by atoms with van der Waals surface area (Å²) in [6, 6.07) is -0.121. The predicted molar refractivity (Wildman–Crippen MR) is 95.8 cm³/mol. The van der Waals surface area contributed by atoms with Crippen LogP contribution in [-0.2, 0) is 14.3 Å². The highest BCUT2D eigenvalue weighted by Crippen LogP contribution is 2.45. The molecule has 0 aromatic heterocycles. The average Bonchev–Trinajstić information content (AvgIpc) is 2.47. The molecule has 0 aromatic carbocycles. The first-order chi connectivity index (χ1) is 11.9. The van der Waals surface area contributed by atoms with Crippen LogP contribution in [0.3, 0.4) is 0 Å². The Morgan fingerprint density at radius 3 is 2.35 bits per heavy atom. The second kappa shape index (κ2) is 8.91. The quantitative estimate of drug-likeness (QED) is 0.361. The predicted octanol–water partition coefficient (Wildman–Crippen LogP) is 2.68. The summed E-state index contributed by atoms with van der Waals surface area (Å²) in [4.78, 5) is 34.0. The van der Waals surface area contributed by atoms with Gasteiger partial charge in [-0.3, -0.25) is 0 Å². The largest absolute Gasteiger partial charge is 0.465 e. The monoisotopic (exact) mass is 370 g/mol. The Morgan fingerprint density at radius 2 is 1.77 bits per heavy atom. The highest BCUT2D eigenvalue weighted by Gasteiger charge is 2.42. The van der Waals surface area contributed by atoms with Crippen LogP contribution >= 0.6 is 0 Å². The number of nitrogens with one attached hydrogen (secondary N) is 2. The third-order valence-corrected chi connectivity index (χ3v) is 4.33. The third kappa shape index (κ3) is 7.76. The fourth-order valence-corrected chi connectivity index (χ4v) is 3.76. The van der Waals surface area contributed by atoms with Gasteiger partial charge >= 0.3 is 18.2 Å². The van der Waals surface area contributed by atoms with E-state index in [-0.39, 0.29) is 35.7 Å². The highest BCUT2D eigenvalue weighted by molar-refractivity contribution is 5.86. The highest BCUT2D eigenvalue weighted by atomic mass is 16.6. The van der Waals surface area contributed by atoms with Gasteiger partial charge in [-0.15, -0.1) is 0 Å². The number of carbonyl (C=O) groups is 3. The third-order valence-electron chi connectivity index (χ3n) is 4.33. The van der Waals surface area contributed by atoms with Crippen molar-refractivity contribution in [2.75, 3.05) is 19.8 Å². The van der Waals surface area contributed by atoms with Gasteiger partial charge in [-0.05, 0) is 37.0 Å². The number of hydrogen-bond acceptors (Lipinski definition) is 5. The molecule has 2 atom stereocenters. The van der Waals surface area contributed by atoms with Gasteiger partial charge in [0.15, 0.2) is 0 Å². The molecule has 2 unspecified atom stereocenters. The van der Waals surface area contributed by atoms with Gasteiger partial charge in [0.05, 0.1) is 0 Å². The fraction of sp³-hybridized carbons (Fsp3) is 0.722. The van der Waals surface area contributed by atoms with Crippen LogP contribution in [0.1, 0.15) is 47.0 Å². The van der Waals surface area contributed by atoms with Crippen molar-refractivity contribution in [1.29, 1.82) is 0 Å². The average molecular weight is 370 g/mol. The molecule has 0 aromatic rings. The first-order valence-corrected chi connectivity index (χ1v) is 8.65. The maximum atomic E-state index is 12.0. The zero-order chi connectivity index (χ0) is 20.0. The summed E-state index contributed by atoms with van der Waals surface area (Å²) in [6.07, 6.45) is 0.645. The van der Waals surface area contributed by atoms with E-state index in [1.54, 1.807) is 0 Å². The SMILES string of the molecule is C=C(C)C(=O)OCCOC(=O)NC1CC(C)(C)CC(C)(CNC(=O)O)C1. The Hall–Kier alpha value is -2.25. The van der Waals surface area contributed by atoms with Crippen LogP contribution < -0.4 is 10.6 Å². The zero-order valence-corrected chi connectivity index (χ0v) is 16.0. The molecule has 1 rings (SSSR count). The molecule has 0 heterocycles. The maximum absolute atomic E-state index is 12.0. The minimum absolute atomic E-state index is 0.0322. The van der Waals surface area contributed by atoms with Crippen molar-refractivity contribution < 1.29 is 29.0 Å². The van der Waals surface area contributed by atoms with Crippen molar-refractivity contribution in [3.63, 3.8) is 0 Å². The summed E-state index contributed by atoms with van der Waals surface area (Å²) < 4.78 is 9.90. The molecule has 1 fully saturated rings. The van der Waals surface area contributed by atoms with Crippen LogP contribution in [0.4, 0.5) is 9.59 Å². The minimum Gasteiger partial charge on any atom is -0.465 e. The summed E-state index contributed by atoms with van der Waals surface area (Å²) in [5, 5.41) is 14.1. The minimum atomic E-state index is -1.05. The van der Waals surface area contributed by atoms with Crippen molar-refractivity contribution in [3.8, 4) is 0 Å². The molecule has 1 aliphatic rings. The first-order valence-electron chi connectivity index (χ1n) is 8.65. The smallest absolute Gasteiger partial charge is 0.407 e. The van der Waals surface area contributed by atoms with Crippen molar-refractivity contribution in [2.45, 2.75) is 53.0 Å². The normalized spacial score (nSPS) is 24.2. The maximum Gasteiger partial charge on any atom is 0.407 e. The number of esters is 1. The van der Waals surface area contributed by atoms with Gasteiger partial charge in [0.25, 0.3) is 0 Å². The van der Waals surface area contributed by atoms with Crippen LogP contribution in [0.25, 0.3) is 0 Å². The van der Waals surface area contributed by atoms with Gasteiger partial charge in [0, 0.05) is 18.2 Å². The number of alkyl carbamates (subject to hydrolysis) is 1. The summed E-state index contributed by atoms with van der Waals surface area (Å²) in [7, 11) is 0. The Morgan fingerprint density at radius 1 is 1.15 bits per heavy atom. The second-order valence-corrected chi connectivity index (χ2v) is 8.11. The Labute approximate surface area is 154 Å². The molecule has 0 saturated heterocycles. The van der Waals surface area contributed by atoms with Gasteiger partial charge < -0.3 is 25.2 Å². The van der Waals surface area contributed by atoms with Crippen LogP contribution in [0.15, 0.2) is 12.2 Å². The van der Waals surface area contributed by atoms with Gasteiger partial charge in [0.2, 0.25) is 0 Å². The number of carboxylic acid groups (broad SMARTS) is 1. The Balaban J connectivity index is 2.48. The van der Waals surface area contributed by atoms with Crippen molar-refractivity contribution in [3.05, 3.63) is 12.2 Å². The van der Waals surface area contributed by atoms with E-state index in [1.165, 1.54) is 6.92 Å². The van der Waals surface area contributed by atoms with E-state index in [4.69, 9.17) is 14.6 Å². The summed E-state index contributed by atoms with van der Waals surface area (Å²) in [5.41, 5.74) is -0.00907. The van der Waals surface area contributed by atoms with Crippen molar-refractivity contribution in [2.24, 2.45) is 10.8 Å². The topological polar surface area (TPSA) is 114 Å². The molecule has 8 heteroatoms. The van der Waals surface area contributed by atoms with Crippen LogP contribution in [0.2, 0.25) is 0 Å². The van der Waals surface area contributed by atoms with Crippen molar-refractivity contribution >= 4 is 18.2 Å². The van der Waals surface area contributed by atoms with Crippen LogP contribution in [0, 0.1) is 10.8 Å². The van der Waals surface area contributed by atoms with E-state index in [0.29, 0.717) is 13.0 Å². The molecule has 3 N–H and O–H groups in total. The van der Waals surface area contributed by atoms with Gasteiger partial charge in [-0.2, -0.15) is 0 Å².